The Balaban J connectivity index is 1.48. The van der Waals surface area contributed by atoms with Crippen molar-refractivity contribution in [2.45, 2.75) is 37.8 Å². The van der Waals surface area contributed by atoms with Crippen LogP contribution in [0.1, 0.15) is 25.7 Å². The Kier molecular flexibility index (Phi) is 4.31. The number of pyridine rings is 1. The highest BCUT2D eigenvalue weighted by molar-refractivity contribution is 6.30. The number of hydrogen-bond donors (Lipinski definition) is 2. The molecule has 0 atom stereocenters. The van der Waals surface area contributed by atoms with E-state index < -0.39 is 5.97 Å². The number of nitrogens with one attached hydrogen (secondary N) is 1. The molecule has 0 saturated heterocycles. The van der Waals surface area contributed by atoms with E-state index in [0.717, 1.165) is 25.2 Å². The molecule has 1 aromatic rings. The number of halogens is 1. The maximum Gasteiger partial charge on any atom is 0.317 e. The van der Waals surface area contributed by atoms with Crippen LogP contribution < -0.4 is 5.32 Å². The van der Waals surface area contributed by atoms with Gasteiger partial charge in [-0.3, -0.25) is 9.69 Å². The highest BCUT2D eigenvalue weighted by atomic mass is 35.5. The van der Waals surface area contributed by atoms with Crippen LogP contribution in [-0.4, -0.2) is 46.1 Å². The molecule has 5 nitrogen and oxygen atoms in total. The summed E-state index contributed by atoms with van der Waals surface area (Å²) in [6.07, 6.45) is 6.08. The molecule has 3 rings (SSSR count). The Morgan fingerprint density at radius 3 is 2.76 bits per heavy atom. The molecule has 2 fully saturated rings. The summed E-state index contributed by atoms with van der Waals surface area (Å²) in [5.74, 6) is 0.815. The molecule has 0 aliphatic heterocycles. The Bertz CT molecular complexity index is 498. The van der Waals surface area contributed by atoms with Gasteiger partial charge in [0.15, 0.2) is 0 Å². The monoisotopic (exact) mass is 309 g/mol. The van der Waals surface area contributed by atoms with Crippen molar-refractivity contribution in [2.24, 2.45) is 5.92 Å². The summed E-state index contributed by atoms with van der Waals surface area (Å²) in [5, 5.41) is 13.0. The smallest absolute Gasteiger partial charge is 0.317 e. The van der Waals surface area contributed by atoms with Crippen molar-refractivity contribution in [3.8, 4) is 0 Å². The molecule has 2 N–H and O–H groups in total. The maximum atomic E-state index is 11.0. The van der Waals surface area contributed by atoms with E-state index >= 15 is 0 Å². The Morgan fingerprint density at radius 2 is 2.19 bits per heavy atom. The van der Waals surface area contributed by atoms with Gasteiger partial charge in [-0.05, 0) is 43.7 Å². The van der Waals surface area contributed by atoms with Gasteiger partial charge in [0.25, 0.3) is 0 Å². The van der Waals surface area contributed by atoms with Gasteiger partial charge in [0.05, 0.1) is 11.6 Å². The van der Waals surface area contributed by atoms with Gasteiger partial charge in [0.1, 0.15) is 5.82 Å². The molecule has 0 radical (unpaired) electrons. The molecule has 2 saturated carbocycles. The Hall–Kier alpha value is -1.33. The molecule has 0 unspecified atom stereocenters. The van der Waals surface area contributed by atoms with Crippen LogP contribution in [0, 0.1) is 5.92 Å². The van der Waals surface area contributed by atoms with Gasteiger partial charge in [0.2, 0.25) is 0 Å². The van der Waals surface area contributed by atoms with E-state index in [0.29, 0.717) is 23.0 Å². The van der Waals surface area contributed by atoms with Gasteiger partial charge in [-0.25, -0.2) is 4.98 Å². The van der Waals surface area contributed by atoms with Crippen molar-refractivity contribution in [2.75, 3.05) is 18.4 Å². The van der Waals surface area contributed by atoms with Crippen LogP contribution in [0.4, 0.5) is 5.82 Å². The number of carboxylic acids is 1. The molecule has 0 amide bonds. The molecular weight excluding hydrogens is 290 g/mol. The predicted octanol–water partition coefficient (Wildman–Crippen LogP) is 2.47. The number of rotatable bonds is 7. The highest BCUT2D eigenvalue weighted by Gasteiger charge is 2.37. The van der Waals surface area contributed by atoms with Crippen LogP contribution in [-0.2, 0) is 4.79 Å². The van der Waals surface area contributed by atoms with Gasteiger partial charge in [0, 0.05) is 24.8 Å². The topological polar surface area (TPSA) is 65.5 Å². The lowest BCUT2D eigenvalue weighted by Crippen LogP contribution is -2.52. The minimum Gasteiger partial charge on any atom is -0.480 e. The maximum absolute atomic E-state index is 11.0. The van der Waals surface area contributed by atoms with Crippen LogP contribution in [0.5, 0.6) is 0 Å². The van der Waals surface area contributed by atoms with Gasteiger partial charge in [-0.1, -0.05) is 11.6 Å². The van der Waals surface area contributed by atoms with Crippen LogP contribution in [0.25, 0.3) is 0 Å². The third kappa shape index (κ3) is 4.08. The molecule has 2 aliphatic rings. The van der Waals surface area contributed by atoms with Crippen molar-refractivity contribution >= 4 is 23.4 Å². The first-order chi connectivity index (χ1) is 10.1. The zero-order valence-corrected chi connectivity index (χ0v) is 12.6. The molecule has 6 heteroatoms. The van der Waals surface area contributed by atoms with Gasteiger partial charge in [-0.2, -0.15) is 0 Å². The molecule has 1 aromatic heterocycles. The van der Waals surface area contributed by atoms with E-state index in [4.69, 9.17) is 16.7 Å². The fourth-order valence-electron chi connectivity index (χ4n) is 2.82. The first-order valence-corrected chi connectivity index (χ1v) is 7.82. The van der Waals surface area contributed by atoms with Crippen LogP contribution >= 0.6 is 11.6 Å². The third-order valence-electron chi connectivity index (χ3n) is 4.24. The van der Waals surface area contributed by atoms with Crippen LogP contribution in [0.15, 0.2) is 18.3 Å². The van der Waals surface area contributed by atoms with E-state index in [1.807, 2.05) is 12.1 Å². The van der Waals surface area contributed by atoms with Crippen molar-refractivity contribution < 1.29 is 9.90 Å². The number of aliphatic carboxylic acids is 1. The normalized spacial score (nSPS) is 24.7. The molecule has 114 valence electrons. The van der Waals surface area contributed by atoms with Crippen LogP contribution in [0.3, 0.4) is 0 Å². The van der Waals surface area contributed by atoms with Crippen molar-refractivity contribution in [3.05, 3.63) is 23.4 Å². The molecule has 0 spiro atoms. The second-order valence-corrected chi connectivity index (χ2v) is 6.53. The largest absolute Gasteiger partial charge is 0.480 e. The predicted molar refractivity (Wildman–Crippen MR) is 81.6 cm³/mol. The average molecular weight is 310 g/mol. The lowest BCUT2D eigenvalue weighted by Gasteiger charge is -2.43. The number of aromatic nitrogens is 1. The molecule has 0 bridgehead atoms. The number of nitrogens with zero attached hydrogens (tertiary/aromatic N) is 2. The van der Waals surface area contributed by atoms with Gasteiger partial charge >= 0.3 is 5.97 Å². The number of carboxylic acid groups (broad SMARTS) is 1. The lowest BCUT2D eigenvalue weighted by atomic mass is 9.85. The standard InChI is InChI=1S/C15H20ClN3O2/c16-11-3-4-14(17-7-11)18-12-5-13(6-12)19(9-15(20)21)8-10-1-2-10/h3-4,7,10,12-13H,1-2,5-6,8-9H2,(H,17,18)(H,20,21). The summed E-state index contributed by atoms with van der Waals surface area (Å²) in [6, 6.07) is 4.44. The molecular formula is C15H20ClN3O2. The van der Waals surface area contributed by atoms with Crippen LogP contribution in [0.2, 0.25) is 5.02 Å². The van der Waals surface area contributed by atoms with E-state index in [1.54, 1.807) is 6.20 Å². The van der Waals surface area contributed by atoms with E-state index in [9.17, 15) is 4.79 Å². The summed E-state index contributed by atoms with van der Waals surface area (Å²) in [7, 11) is 0. The average Bonchev–Trinajstić information content (AvgIpc) is 3.18. The zero-order chi connectivity index (χ0) is 14.8. The van der Waals surface area contributed by atoms with Crippen molar-refractivity contribution in [1.29, 1.82) is 0 Å². The molecule has 0 aromatic carbocycles. The summed E-state index contributed by atoms with van der Waals surface area (Å²) < 4.78 is 0. The van der Waals surface area contributed by atoms with Crippen molar-refractivity contribution in [1.82, 2.24) is 9.88 Å². The van der Waals surface area contributed by atoms with E-state index in [1.165, 1.54) is 12.8 Å². The SMILES string of the molecule is O=C(O)CN(CC1CC1)C1CC(Nc2ccc(Cl)cn2)C1. The minimum atomic E-state index is -0.730. The molecule has 1 heterocycles. The number of hydrogen-bond acceptors (Lipinski definition) is 4. The number of anilines is 1. The lowest BCUT2D eigenvalue weighted by molar-refractivity contribution is -0.139. The van der Waals surface area contributed by atoms with E-state index in [-0.39, 0.29) is 6.54 Å². The fraction of sp³-hybridized carbons (Fsp3) is 0.600. The first-order valence-electron chi connectivity index (χ1n) is 7.44. The Labute approximate surface area is 129 Å². The Morgan fingerprint density at radius 1 is 1.43 bits per heavy atom. The van der Waals surface area contributed by atoms with Gasteiger partial charge in [-0.15, -0.1) is 0 Å². The molecule has 21 heavy (non-hydrogen) atoms. The fourth-order valence-corrected chi connectivity index (χ4v) is 2.93. The zero-order valence-electron chi connectivity index (χ0n) is 11.8. The third-order valence-corrected chi connectivity index (χ3v) is 4.46. The van der Waals surface area contributed by atoms with Gasteiger partial charge < -0.3 is 10.4 Å². The second kappa shape index (κ2) is 6.20. The molecule has 2 aliphatic carbocycles. The second-order valence-electron chi connectivity index (χ2n) is 6.09. The minimum absolute atomic E-state index is 0.160. The van der Waals surface area contributed by atoms with E-state index in [2.05, 4.69) is 15.2 Å². The summed E-state index contributed by atoms with van der Waals surface area (Å²) in [6.45, 7) is 1.09. The summed E-state index contributed by atoms with van der Waals surface area (Å²) >= 11 is 5.81. The summed E-state index contributed by atoms with van der Waals surface area (Å²) in [4.78, 5) is 17.3. The van der Waals surface area contributed by atoms with Crippen molar-refractivity contribution in [3.63, 3.8) is 0 Å². The summed E-state index contributed by atoms with van der Waals surface area (Å²) in [5.41, 5.74) is 0. The number of carbonyl (C=O) groups is 1. The first kappa shape index (κ1) is 14.6. The quantitative estimate of drug-likeness (QED) is 0.810. The highest BCUT2D eigenvalue weighted by Crippen LogP contribution is 2.34.